The van der Waals surface area contributed by atoms with Gasteiger partial charge in [-0.2, -0.15) is 10.0 Å². The Hall–Kier alpha value is -4.20. The van der Waals surface area contributed by atoms with E-state index in [1.807, 2.05) is 27.7 Å². The van der Waals surface area contributed by atoms with Crippen molar-refractivity contribution in [1.82, 2.24) is 10.0 Å². The molecule has 180 valence electrons. The number of rotatable bonds is 8. The zero-order valence-corrected chi connectivity index (χ0v) is 20.3. The Labute approximate surface area is 204 Å². The van der Waals surface area contributed by atoms with Crippen LogP contribution in [0.3, 0.4) is 0 Å². The first-order chi connectivity index (χ1) is 16.7. The molecule has 0 bridgehead atoms. The molecule has 0 aromatic heterocycles. The summed E-state index contributed by atoms with van der Waals surface area (Å²) in [5.41, 5.74) is 13.6. The molecule has 2 N–H and O–H groups in total. The summed E-state index contributed by atoms with van der Waals surface area (Å²) in [4.78, 5) is 47.9. The van der Waals surface area contributed by atoms with E-state index < -0.39 is 0 Å². The first kappa shape index (κ1) is 23.9. The van der Waals surface area contributed by atoms with Crippen molar-refractivity contribution in [2.45, 2.75) is 47.0 Å². The van der Waals surface area contributed by atoms with Gasteiger partial charge in [-0.3, -0.25) is 30.0 Å². The number of carbonyl (C=O) groups is 4. The molecule has 2 aromatic rings. The van der Waals surface area contributed by atoms with Crippen LogP contribution in [-0.4, -0.2) is 33.6 Å². The van der Waals surface area contributed by atoms with E-state index in [1.165, 1.54) is 24.3 Å². The van der Waals surface area contributed by atoms with Crippen molar-refractivity contribution in [3.63, 3.8) is 0 Å². The Morgan fingerprint density at radius 2 is 0.943 bits per heavy atom. The first-order valence-corrected chi connectivity index (χ1v) is 11.6. The van der Waals surface area contributed by atoms with Crippen LogP contribution in [0.25, 0.3) is 0 Å². The van der Waals surface area contributed by atoms with Crippen molar-refractivity contribution < 1.29 is 19.2 Å². The second-order valence-corrected chi connectivity index (χ2v) is 8.69. The minimum atomic E-state index is -0.384. The monoisotopic (exact) mass is 472 g/mol. The van der Waals surface area contributed by atoms with Crippen LogP contribution in [0.1, 0.15) is 47.2 Å². The lowest BCUT2D eigenvalue weighted by atomic mass is 9.94. The summed E-state index contributed by atoms with van der Waals surface area (Å²) in [6.07, 6.45) is 7.16. The molecule has 8 heteroatoms. The summed E-state index contributed by atoms with van der Waals surface area (Å²) in [6, 6.07) is 8.29. The third-order valence-corrected chi connectivity index (χ3v) is 6.19. The van der Waals surface area contributed by atoms with E-state index >= 15 is 0 Å². The van der Waals surface area contributed by atoms with Gasteiger partial charge in [-0.05, 0) is 66.5 Å². The molecule has 0 saturated heterocycles. The van der Waals surface area contributed by atoms with Gasteiger partial charge in [0, 0.05) is 24.3 Å². The van der Waals surface area contributed by atoms with E-state index in [4.69, 9.17) is 0 Å². The van der Waals surface area contributed by atoms with Gasteiger partial charge in [0.15, 0.2) is 0 Å². The van der Waals surface area contributed by atoms with Gasteiger partial charge in [-0.15, -0.1) is 0 Å². The molecule has 0 spiro atoms. The van der Waals surface area contributed by atoms with Gasteiger partial charge in [0.2, 0.25) is 0 Å². The van der Waals surface area contributed by atoms with Crippen molar-refractivity contribution >= 4 is 35.0 Å². The first-order valence-electron chi connectivity index (χ1n) is 11.6. The highest BCUT2D eigenvalue weighted by molar-refractivity contribution is 6.14. The summed E-state index contributed by atoms with van der Waals surface area (Å²) in [7, 11) is 0. The summed E-state index contributed by atoms with van der Waals surface area (Å²) < 4.78 is 0. The maximum Gasteiger partial charge on any atom is 0.272 e. The molecule has 0 aliphatic carbocycles. The number of hydrogen-bond acceptors (Lipinski definition) is 6. The highest BCUT2D eigenvalue weighted by Gasteiger charge is 2.26. The summed E-state index contributed by atoms with van der Waals surface area (Å²) >= 11 is 0. The third kappa shape index (κ3) is 4.73. The lowest BCUT2D eigenvalue weighted by molar-refractivity contribution is -0.136. The van der Waals surface area contributed by atoms with Crippen LogP contribution in [0.15, 0.2) is 48.6 Å². The minimum Gasteiger partial charge on any atom is -0.288 e. The maximum absolute atomic E-state index is 12.0. The van der Waals surface area contributed by atoms with Gasteiger partial charge in [0.25, 0.3) is 23.6 Å². The highest BCUT2D eigenvalue weighted by atomic mass is 16.2. The summed E-state index contributed by atoms with van der Waals surface area (Å²) in [5, 5.41) is 2.05. The number of hydrogen-bond donors (Lipinski definition) is 2. The predicted octanol–water partition coefficient (Wildman–Crippen LogP) is 3.52. The Kier molecular flexibility index (Phi) is 6.55. The van der Waals surface area contributed by atoms with Gasteiger partial charge < -0.3 is 0 Å². The molecule has 0 radical (unpaired) electrons. The predicted molar refractivity (Wildman–Crippen MR) is 133 cm³/mol. The fraction of sp³-hybridized carbons (Fsp3) is 0.259. The SMILES string of the molecule is CCc1cc(Cc2cc(C)c(NN3C(=O)C=CC3=O)c(CC)c2)cc(C)c1NN1C(=O)C=CC1=O. The molecule has 35 heavy (non-hydrogen) atoms. The number of amides is 4. The average molecular weight is 473 g/mol. The van der Waals surface area contributed by atoms with Crippen LogP contribution >= 0.6 is 0 Å². The molecular weight excluding hydrogens is 444 g/mol. The number of nitrogens with zero attached hydrogens (tertiary/aromatic N) is 2. The molecule has 0 unspecified atom stereocenters. The van der Waals surface area contributed by atoms with E-state index in [2.05, 4.69) is 35.1 Å². The molecule has 2 aromatic carbocycles. The lowest BCUT2D eigenvalue weighted by Gasteiger charge is -2.23. The molecule has 0 saturated carbocycles. The Bertz CT molecular complexity index is 1170. The van der Waals surface area contributed by atoms with E-state index in [1.54, 1.807) is 0 Å². The highest BCUT2D eigenvalue weighted by Crippen LogP contribution is 2.29. The molecule has 4 amide bonds. The number of anilines is 2. The maximum atomic E-state index is 12.0. The van der Waals surface area contributed by atoms with Crippen LogP contribution in [0.2, 0.25) is 0 Å². The fourth-order valence-electron chi connectivity index (χ4n) is 4.44. The van der Waals surface area contributed by atoms with Crippen LogP contribution in [0.5, 0.6) is 0 Å². The quantitative estimate of drug-likeness (QED) is 0.571. The third-order valence-electron chi connectivity index (χ3n) is 6.19. The Balaban J connectivity index is 1.59. The number of hydrazine groups is 2. The fourth-order valence-corrected chi connectivity index (χ4v) is 4.44. The lowest BCUT2D eigenvalue weighted by Crippen LogP contribution is -2.36. The summed E-state index contributed by atoms with van der Waals surface area (Å²) in [5.74, 6) is -1.54. The van der Waals surface area contributed by atoms with E-state index in [-0.39, 0.29) is 23.6 Å². The molecule has 0 fully saturated rings. The number of imide groups is 2. The van der Waals surface area contributed by atoms with Crippen molar-refractivity contribution in [2.24, 2.45) is 0 Å². The zero-order valence-electron chi connectivity index (χ0n) is 20.3. The molecule has 2 aliphatic rings. The van der Waals surface area contributed by atoms with E-state index in [0.717, 1.165) is 67.6 Å². The Morgan fingerprint density at radius 1 is 0.600 bits per heavy atom. The van der Waals surface area contributed by atoms with Crippen LogP contribution in [0.4, 0.5) is 11.4 Å². The van der Waals surface area contributed by atoms with E-state index in [9.17, 15) is 19.2 Å². The van der Waals surface area contributed by atoms with Gasteiger partial charge in [0.05, 0.1) is 11.4 Å². The molecule has 2 heterocycles. The molecular formula is C27H28N4O4. The van der Waals surface area contributed by atoms with Gasteiger partial charge in [0.1, 0.15) is 0 Å². The van der Waals surface area contributed by atoms with Crippen molar-refractivity contribution in [3.8, 4) is 0 Å². The zero-order chi connectivity index (χ0) is 25.3. The van der Waals surface area contributed by atoms with Crippen LogP contribution < -0.4 is 10.9 Å². The second kappa shape index (κ2) is 9.58. The molecule has 8 nitrogen and oxygen atoms in total. The number of benzene rings is 2. The number of aryl methyl sites for hydroxylation is 4. The topological polar surface area (TPSA) is 98.8 Å². The smallest absolute Gasteiger partial charge is 0.272 e. The van der Waals surface area contributed by atoms with Crippen LogP contribution in [0, 0.1) is 13.8 Å². The molecule has 0 atom stereocenters. The minimum absolute atomic E-state index is 0.384. The molecule has 4 rings (SSSR count). The van der Waals surface area contributed by atoms with Crippen molar-refractivity contribution in [1.29, 1.82) is 0 Å². The van der Waals surface area contributed by atoms with Crippen molar-refractivity contribution in [2.75, 3.05) is 10.9 Å². The average Bonchev–Trinajstić information content (AvgIpc) is 3.31. The number of carbonyl (C=O) groups excluding carboxylic acids is 4. The van der Waals surface area contributed by atoms with Gasteiger partial charge in [-0.1, -0.05) is 38.1 Å². The van der Waals surface area contributed by atoms with Gasteiger partial charge >= 0.3 is 0 Å². The normalized spacial score (nSPS) is 15.1. The van der Waals surface area contributed by atoms with Crippen molar-refractivity contribution in [3.05, 3.63) is 82.0 Å². The Morgan fingerprint density at radius 3 is 1.26 bits per heavy atom. The van der Waals surface area contributed by atoms with E-state index in [0.29, 0.717) is 6.42 Å². The summed E-state index contributed by atoms with van der Waals surface area (Å²) in [6.45, 7) is 7.98. The second-order valence-electron chi connectivity index (χ2n) is 8.69. The standard InChI is InChI=1S/C27H28N4O4/c1-5-20-14-18(11-16(3)26(20)28-30-22(32)7-8-23(30)33)13-19-12-17(4)27(21(6-2)15-19)29-31-24(34)9-10-25(31)35/h7-12,14-15,28-29H,5-6,13H2,1-4H3. The largest absolute Gasteiger partial charge is 0.288 e. The van der Waals surface area contributed by atoms with Gasteiger partial charge in [-0.25, -0.2) is 0 Å². The van der Waals surface area contributed by atoms with Crippen LogP contribution in [-0.2, 0) is 38.4 Å². The number of nitrogens with one attached hydrogen (secondary N) is 2. The molecule has 2 aliphatic heterocycles.